The molecule has 3 nitrogen and oxygen atoms in total. The first kappa shape index (κ1) is 9.26. The first-order chi connectivity index (χ1) is 5.83. The van der Waals surface area contributed by atoms with Crippen LogP contribution in [0.3, 0.4) is 0 Å². The zero-order valence-corrected chi connectivity index (χ0v) is 7.85. The summed E-state index contributed by atoms with van der Waals surface area (Å²) in [6.45, 7) is 6.16. The van der Waals surface area contributed by atoms with Crippen LogP contribution in [-0.4, -0.2) is 16.5 Å². The van der Waals surface area contributed by atoms with E-state index in [-0.39, 0.29) is 0 Å². The largest absolute Gasteiger partial charge is 0.345 e. The number of imidazole rings is 1. The van der Waals surface area contributed by atoms with Gasteiger partial charge < -0.3 is 10.3 Å². The summed E-state index contributed by atoms with van der Waals surface area (Å²) in [6, 6.07) is 0. The lowest BCUT2D eigenvalue weighted by Gasteiger charge is -1.99. The topological polar surface area (TPSA) is 40.7 Å². The number of rotatable bonds is 5. The summed E-state index contributed by atoms with van der Waals surface area (Å²) >= 11 is 0. The van der Waals surface area contributed by atoms with Crippen molar-refractivity contribution in [2.24, 2.45) is 0 Å². The van der Waals surface area contributed by atoms with Crippen LogP contribution in [0.25, 0.3) is 0 Å². The van der Waals surface area contributed by atoms with Crippen molar-refractivity contribution in [1.29, 1.82) is 0 Å². The highest BCUT2D eigenvalue weighted by Gasteiger charge is 1.94. The quantitative estimate of drug-likeness (QED) is 0.654. The molecule has 0 radical (unpaired) electrons. The van der Waals surface area contributed by atoms with Crippen molar-refractivity contribution >= 4 is 0 Å². The Kier molecular flexibility index (Phi) is 3.80. The van der Waals surface area contributed by atoms with E-state index in [1.165, 1.54) is 18.5 Å². The molecule has 0 spiro atoms. The first-order valence-electron chi connectivity index (χ1n) is 4.54. The van der Waals surface area contributed by atoms with Gasteiger partial charge in [-0.25, -0.2) is 4.98 Å². The number of aromatic amines is 1. The van der Waals surface area contributed by atoms with Gasteiger partial charge in [-0.3, -0.25) is 0 Å². The van der Waals surface area contributed by atoms with E-state index in [0.717, 1.165) is 18.9 Å². The Morgan fingerprint density at radius 2 is 2.42 bits per heavy atom. The molecule has 0 unspecified atom stereocenters. The van der Waals surface area contributed by atoms with Crippen LogP contribution in [0.5, 0.6) is 0 Å². The lowest BCUT2D eigenvalue weighted by atomic mass is 10.3. The van der Waals surface area contributed by atoms with Gasteiger partial charge in [0.15, 0.2) is 0 Å². The summed E-state index contributed by atoms with van der Waals surface area (Å²) in [4.78, 5) is 7.30. The van der Waals surface area contributed by atoms with Crippen LogP contribution in [0.2, 0.25) is 0 Å². The maximum atomic E-state index is 4.12. The van der Waals surface area contributed by atoms with Crippen LogP contribution in [0.4, 0.5) is 0 Å². The highest BCUT2D eigenvalue weighted by molar-refractivity contribution is 4.98. The molecule has 0 atom stereocenters. The van der Waals surface area contributed by atoms with Gasteiger partial charge in [0.1, 0.15) is 5.82 Å². The van der Waals surface area contributed by atoms with Crippen LogP contribution in [-0.2, 0) is 6.54 Å². The average molecular weight is 167 g/mol. The van der Waals surface area contributed by atoms with Gasteiger partial charge in [-0.15, -0.1) is 0 Å². The normalized spacial score (nSPS) is 10.5. The molecule has 0 aliphatic carbocycles. The fourth-order valence-corrected chi connectivity index (χ4v) is 1.09. The van der Waals surface area contributed by atoms with Crippen molar-refractivity contribution in [3.63, 3.8) is 0 Å². The number of aryl methyl sites for hydroxylation is 1. The third-order valence-corrected chi connectivity index (χ3v) is 1.78. The van der Waals surface area contributed by atoms with Crippen molar-refractivity contribution in [1.82, 2.24) is 15.3 Å². The third-order valence-electron chi connectivity index (χ3n) is 1.78. The number of nitrogens with one attached hydrogen (secondary N) is 2. The molecular weight excluding hydrogens is 150 g/mol. The molecule has 12 heavy (non-hydrogen) atoms. The number of hydrogen-bond donors (Lipinski definition) is 2. The zero-order valence-electron chi connectivity index (χ0n) is 7.85. The van der Waals surface area contributed by atoms with E-state index < -0.39 is 0 Å². The third kappa shape index (κ3) is 3.05. The van der Waals surface area contributed by atoms with Gasteiger partial charge in [-0.05, 0) is 19.9 Å². The van der Waals surface area contributed by atoms with E-state index in [1.807, 2.05) is 13.1 Å². The lowest BCUT2D eigenvalue weighted by molar-refractivity contribution is 0.634. The fourth-order valence-electron chi connectivity index (χ4n) is 1.09. The molecule has 0 aliphatic rings. The molecule has 0 bridgehead atoms. The smallest absolute Gasteiger partial charge is 0.103 e. The first-order valence-corrected chi connectivity index (χ1v) is 4.54. The predicted molar refractivity (Wildman–Crippen MR) is 49.9 cm³/mol. The number of aromatic nitrogens is 2. The molecule has 1 aromatic rings. The lowest BCUT2D eigenvalue weighted by Crippen LogP contribution is -2.14. The number of unbranched alkanes of at least 4 members (excludes halogenated alkanes) is 1. The molecule has 0 aromatic carbocycles. The van der Waals surface area contributed by atoms with Crippen molar-refractivity contribution in [2.75, 3.05) is 6.54 Å². The van der Waals surface area contributed by atoms with Gasteiger partial charge in [0.2, 0.25) is 0 Å². The Bertz CT molecular complexity index is 217. The molecule has 0 saturated carbocycles. The van der Waals surface area contributed by atoms with Gasteiger partial charge in [0.05, 0.1) is 0 Å². The van der Waals surface area contributed by atoms with Crippen molar-refractivity contribution in [2.45, 2.75) is 33.2 Å². The average Bonchev–Trinajstić information content (AvgIpc) is 2.45. The summed E-state index contributed by atoms with van der Waals surface area (Å²) < 4.78 is 0. The van der Waals surface area contributed by atoms with E-state index in [2.05, 4.69) is 22.2 Å². The minimum Gasteiger partial charge on any atom is -0.345 e. The van der Waals surface area contributed by atoms with E-state index in [1.54, 1.807) is 0 Å². The van der Waals surface area contributed by atoms with Crippen LogP contribution in [0, 0.1) is 6.92 Å². The van der Waals surface area contributed by atoms with E-state index in [0.29, 0.717) is 0 Å². The van der Waals surface area contributed by atoms with Crippen molar-refractivity contribution < 1.29 is 0 Å². The molecule has 1 aromatic heterocycles. The Labute approximate surface area is 73.6 Å². The maximum Gasteiger partial charge on any atom is 0.103 e. The predicted octanol–water partition coefficient (Wildman–Crippen LogP) is 1.61. The second-order valence-corrected chi connectivity index (χ2v) is 3.02. The van der Waals surface area contributed by atoms with Crippen LogP contribution in [0.1, 0.15) is 31.3 Å². The van der Waals surface area contributed by atoms with Crippen molar-refractivity contribution in [3.8, 4) is 0 Å². The highest BCUT2D eigenvalue weighted by Crippen LogP contribution is 1.94. The van der Waals surface area contributed by atoms with Gasteiger partial charge in [-0.2, -0.15) is 0 Å². The van der Waals surface area contributed by atoms with Gasteiger partial charge >= 0.3 is 0 Å². The minimum absolute atomic E-state index is 0.904. The van der Waals surface area contributed by atoms with Crippen molar-refractivity contribution in [3.05, 3.63) is 17.7 Å². The van der Waals surface area contributed by atoms with Crippen LogP contribution < -0.4 is 5.32 Å². The standard InChI is InChI=1S/C9H17N3/c1-3-4-5-10-6-9-7-11-8(2)12-9/h7,10H,3-6H2,1-2H3,(H,11,12). The summed E-state index contributed by atoms with van der Waals surface area (Å²) in [7, 11) is 0. The summed E-state index contributed by atoms with van der Waals surface area (Å²) in [6.07, 6.45) is 4.37. The molecular formula is C9H17N3. The Morgan fingerprint density at radius 1 is 1.58 bits per heavy atom. The van der Waals surface area contributed by atoms with E-state index >= 15 is 0 Å². The molecule has 1 rings (SSSR count). The molecule has 0 aliphatic heterocycles. The monoisotopic (exact) mass is 167 g/mol. The molecule has 2 N–H and O–H groups in total. The van der Waals surface area contributed by atoms with E-state index in [9.17, 15) is 0 Å². The minimum atomic E-state index is 0.904. The van der Waals surface area contributed by atoms with Gasteiger partial charge in [0.25, 0.3) is 0 Å². The van der Waals surface area contributed by atoms with Gasteiger partial charge in [0, 0.05) is 18.4 Å². The molecule has 68 valence electrons. The highest BCUT2D eigenvalue weighted by atomic mass is 14.9. The zero-order chi connectivity index (χ0) is 8.81. The van der Waals surface area contributed by atoms with Gasteiger partial charge in [-0.1, -0.05) is 13.3 Å². The Hall–Kier alpha value is -0.830. The number of hydrogen-bond acceptors (Lipinski definition) is 2. The molecule has 1 heterocycles. The molecule has 0 fully saturated rings. The number of H-pyrrole nitrogens is 1. The molecule has 3 heteroatoms. The second-order valence-electron chi connectivity index (χ2n) is 3.02. The maximum absolute atomic E-state index is 4.12. The Morgan fingerprint density at radius 3 is 3.00 bits per heavy atom. The number of nitrogens with zero attached hydrogens (tertiary/aromatic N) is 1. The molecule has 0 saturated heterocycles. The van der Waals surface area contributed by atoms with Crippen LogP contribution >= 0.6 is 0 Å². The summed E-state index contributed by atoms with van der Waals surface area (Å²) in [5.41, 5.74) is 1.17. The molecule has 0 amide bonds. The Balaban J connectivity index is 2.15. The van der Waals surface area contributed by atoms with E-state index in [4.69, 9.17) is 0 Å². The fraction of sp³-hybridized carbons (Fsp3) is 0.667. The summed E-state index contributed by atoms with van der Waals surface area (Å²) in [5, 5.41) is 3.34. The van der Waals surface area contributed by atoms with Crippen LogP contribution in [0.15, 0.2) is 6.20 Å². The summed E-state index contributed by atoms with van der Waals surface area (Å²) in [5.74, 6) is 0.988. The second kappa shape index (κ2) is 4.93. The SMILES string of the molecule is CCCCNCc1cnc(C)[nH]1.